The highest BCUT2D eigenvalue weighted by Gasteiger charge is 1.88. The molecule has 5 nitrogen and oxygen atoms in total. The molecule has 2 rings (SSSR count). The Morgan fingerprint density at radius 3 is 1.37 bits per heavy atom. The van der Waals surface area contributed by atoms with Crippen molar-refractivity contribution in [1.82, 2.24) is 5.53 Å². The van der Waals surface area contributed by atoms with E-state index in [2.05, 4.69) is 26.2 Å². The van der Waals surface area contributed by atoms with Crippen LogP contribution in [0, 0.1) is 13.8 Å². The molecule has 0 amide bonds. The zero-order chi connectivity index (χ0) is 13.5. The molecule has 0 aliphatic rings. The van der Waals surface area contributed by atoms with Crippen molar-refractivity contribution in [3.8, 4) is 0 Å². The second-order valence-electron chi connectivity index (χ2n) is 4.17. The minimum Gasteiger partial charge on any atom is -0.160 e. The van der Waals surface area contributed by atoms with Crippen molar-refractivity contribution in [3.63, 3.8) is 0 Å². The van der Waals surface area contributed by atoms with Crippen LogP contribution in [0.1, 0.15) is 11.1 Å². The summed E-state index contributed by atoms with van der Waals surface area (Å²) in [6, 6.07) is 15.4. The molecule has 0 aliphatic carbocycles. The Kier molecular flexibility index (Phi) is 4.34. The van der Waals surface area contributed by atoms with Crippen molar-refractivity contribution in [2.24, 2.45) is 20.7 Å². The first-order valence-corrected chi connectivity index (χ1v) is 5.94. The number of hydrogen-bond acceptors (Lipinski definition) is 4. The number of hydrogen-bond donors (Lipinski definition) is 1. The van der Waals surface area contributed by atoms with Crippen LogP contribution in [0.25, 0.3) is 0 Å². The second kappa shape index (κ2) is 6.39. The predicted octanol–water partition coefficient (Wildman–Crippen LogP) is 4.59. The van der Waals surface area contributed by atoms with Crippen molar-refractivity contribution in [3.05, 3.63) is 59.7 Å². The summed E-state index contributed by atoms with van der Waals surface area (Å²) < 4.78 is 0. The van der Waals surface area contributed by atoms with Gasteiger partial charge in [0.05, 0.1) is 11.4 Å². The quantitative estimate of drug-likeness (QED) is 0.628. The lowest BCUT2D eigenvalue weighted by Gasteiger charge is -1.93. The van der Waals surface area contributed by atoms with Gasteiger partial charge in [-0.1, -0.05) is 45.8 Å². The third kappa shape index (κ3) is 4.31. The number of rotatable bonds is 4. The van der Waals surface area contributed by atoms with Crippen molar-refractivity contribution in [2.75, 3.05) is 0 Å². The lowest BCUT2D eigenvalue weighted by molar-refractivity contribution is 0.703. The maximum atomic E-state index is 3.95. The van der Waals surface area contributed by atoms with Gasteiger partial charge >= 0.3 is 0 Å². The van der Waals surface area contributed by atoms with Crippen LogP contribution < -0.4 is 5.53 Å². The van der Waals surface area contributed by atoms with Gasteiger partial charge in [-0.25, -0.2) is 0 Å². The Morgan fingerprint density at radius 2 is 1.00 bits per heavy atom. The molecule has 0 bridgehead atoms. The summed E-state index contributed by atoms with van der Waals surface area (Å²) in [5.41, 5.74) is 6.33. The van der Waals surface area contributed by atoms with E-state index in [1.807, 2.05) is 62.4 Å². The Hall–Kier alpha value is -2.56. The molecule has 0 radical (unpaired) electrons. The molecule has 0 saturated heterocycles. The standard InChI is InChI=1S/C14H15N5/c1-11-3-7-13(8-4-11)15-17-19-18-16-14-9-5-12(2)6-10-14/h3-10H,1-2H3,(H,15,16,19). The van der Waals surface area contributed by atoms with Crippen LogP contribution >= 0.6 is 0 Å². The van der Waals surface area contributed by atoms with Gasteiger partial charge in [0.25, 0.3) is 0 Å². The van der Waals surface area contributed by atoms with Gasteiger partial charge in [0.15, 0.2) is 0 Å². The predicted molar refractivity (Wildman–Crippen MR) is 74.5 cm³/mol. The Labute approximate surface area is 112 Å². The normalized spacial score (nSPS) is 11.3. The summed E-state index contributed by atoms with van der Waals surface area (Å²) in [7, 11) is 0. The summed E-state index contributed by atoms with van der Waals surface area (Å²) >= 11 is 0. The van der Waals surface area contributed by atoms with Crippen LogP contribution in [-0.2, 0) is 0 Å². The fourth-order valence-electron chi connectivity index (χ4n) is 1.40. The van der Waals surface area contributed by atoms with Crippen LogP contribution in [0.4, 0.5) is 11.4 Å². The van der Waals surface area contributed by atoms with Gasteiger partial charge in [0, 0.05) is 0 Å². The highest BCUT2D eigenvalue weighted by Crippen LogP contribution is 2.13. The third-order valence-corrected chi connectivity index (χ3v) is 2.49. The van der Waals surface area contributed by atoms with Crippen molar-refractivity contribution in [1.29, 1.82) is 0 Å². The fourth-order valence-corrected chi connectivity index (χ4v) is 1.40. The smallest absolute Gasteiger partial charge is 0.0875 e. The summed E-state index contributed by atoms with van der Waals surface area (Å²) in [6.45, 7) is 4.05. The minimum absolute atomic E-state index is 0.767. The molecule has 0 aliphatic heterocycles. The fraction of sp³-hybridized carbons (Fsp3) is 0.143. The monoisotopic (exact) mass is 253 g/mol. The van der Waals surface area contributed by atoms with Crippen molar-refractivity contribution < 1.29 is 0 Å². The van der Waals surface area contributed by atoms with E-state index in [0.717, 1.165) is 11.4 Å². The Morgan fingerprint density at radius 1 is 0.632 bits per heavy atom. The molecular formula is C14H15N5. The molecule has 96 valence electrons. The molecule has 2 aromatic carbocycles. The van der Waals surface area contributed by atoms with Gasteiger partial charge < -0.3 is 0 Å². The zero-order valence-electron chi connectivity index (χ0n) is 10.9. The van der Waals surface area contributed by atoms with Gasteiger partial charge in [0.1, 0.15) is 0 Å². The second-order valence-corrected chi connectivity index (χ2v) is 4.17. The van der Waals surface area contributed by atoms with E-state index in [-0.39, 0.29) is 0 Å². The van der Waals surface area contributed by atoms with Gasteiger partial charge in [-0.3, -0.25) is 0 Å². The topological polar surface area (TPSA) is 61.5 Å². The molecule has 0 saturated carbocycles. The molecule has 19 heavy (non-hydrogen) atoms. The molecular weight excluding hydrogens is 238 g/mol. The number of aryl methyl sites for hydroxylation is 2. The average Bonchev–Trinajstić information content (AvgIpc) is 2.43. The van der Waals surface area contributed by atoms with E-state index in [1.54, 1.807) is 0 Å². The summed E-state index contributed by atoms with van der Waals surface area (Å²) in [5.74, 6) is 0. The maximum Gasteiger partial charge on any atom is 0.0875 e. The summed E-state index contributed by atoms with van der Waals surface area (Å²) in [5, 5.41) is 15.3. The van der Waals surface area contributed by atoms with Crippen LogP contribution in [0.5, 0.6) is 0 Å². The average molecular weight is 253 g/mol. The van der Waals surface area contributed by atoms with Crippen LogP contribution in [-0.4, -0.2) is 0 Å². The van der Waals surface area contributed by atoms with E-state index in [9.17, 15) is 0 Å². The molecule has 0 fully saturated rings. The first-order valence-electron chi connectivity index (χ1n) is 5.94. The van der Waals surface area contributed by atoms with Crippen LogP contribution in [0.15, 0.2) is 69.2 Å². The first kappa shape index (κ1) is 12.9. The molecule has 0 spiro atoms. The van der Waals surface area contributed by atoms with Gasteiger partial charge in [-0.05, 0) is 38.1 Å². The number of benzene rings is 2. The largest absolute Gasteiger partial charge is 0.160 e. The SMILES string of the molecule is Cc1ccc(N=NNN=Nc2ccc(C)cc2)cc1. The number of nitrogens with one attached hydrogen (secondary N) is 1. The Bertz CT molecular complexity index is 516. The van der Waals surface area contributed by atoms with Gasteiger partial charge in [-0.15, -0.1) is 10.2 Å². The zero-order valence-corrected chi connectivity index (χ0v) is 10.9. The first-order chi connectivity index (χ1) is 9.24. The molecule has 1 N–H and O–H groups in total. The molecule has 0 atom stereocenters. The lowest BCUT2D eigenvalue weighted by Crippen LogP contribution is -1.88. The van der Waals surface area contributed by atoms with E-state index in [0.29, 0.717) is 0 Å². The van der Waals surface area contributed by atoms with Gasteiger partial charge in [0.2, 0.25) is 0 Å². The van der Waals surface area contributed by atoms with Crippen molar-refractivity contribution in [2.45, 2.75) is 13.8 Å². The van der Waals surface area contributed by atoms with Crippen LogP contribution in [0.3, 0.4) is 0 Å². The third-order valence-electron chi connectivity index (χ3n) is 2.49. The molecule has 2 aromatic rings. The highest BCUT2D eigenvalue weighted by atomic mass is 15.6. The van der Waals surface area contributed by atoms with Crippen molar-refractivity contribution >= 4 is 11.4 Å². The molecule has 5 heteroatoms. The van der Waals surface area contributed by atoms with E-state index in [1.165, 1.54) is 11.1 Å². The summed E-state index contributed by atoms with van der Waals surface area (Å²) in [4.78, 5) is 0. The van der Waals surface area contributed by atoms with E-state index in [4.69, 9.17) is 0 Å². The van der Waals surface area contributed by atoms with Gasteiger partial charge in [-0.2, -0.15) is 5.53 Å². The Balaban J connectivity index is 1.86. The van der Waals surface area contributed by atoms with E-state index >= 15 is 0 Å². The molecule has 0 heterocycles. The molecule has 0 aromatic heterocycles. The van der Waals surface area contributed by atoms with E-state index < -0.39 is 0 Å². The minimum atomic E-state index is 0.767. The maximum absolute atomic E-state index is 3.95. The summed E-state index contributed by atoms with van der Waals surface area (Å²) in [6.07, 6.45) is 0. The molecule has 0 unspecified atom stereocenters. The highest BCUT2D eigenvalue weighted by molar-refractivity contribution is 5.38. The lowest BCUT2D eigenvalue weighted by atomic mass is 10.2. The van der Waals surface area contributed by atoms with Crippen LogP contribution in [0.2, 0.25) is 0 Å². The number of nitrogens with zero attached hydrogens (tertiary/aromatic N) is 4.